The van der Waals surface area contributed by atoms with Crippen LogP contribution in [-0.2, 0) is 17.7 Å². The van der Waals surface area contributed by atoms with Crippen LogP contribution in [0.25, 0.3) is 0 Å². The number of nitrogens with one attached hydrogen (secondary N) is 1. The number of likely N-dealkylation sites (N-methyl/N-ethyl adjacent to an activating group) is 1. The Morgan fingerprint density at radius 2 is 2.21 bits per heavy atom. The molecule has 0 aromatic carbocycles. The molecule has 1 aromatic rings. The van der Waals surface area contributed by atoms with Crippen LogP contribution in [0.15, 0.2) is 12.4 Å². The fraction of sp³-hybridized carbons (Fsp3) is 0.800. The molecule has 0 radical (unpaired) electrons. The van der Waals surface area contributed by atoms with E-state index < -0.39 is 0 Å². The Bertz CT molecular complexity index is 358. The van der Waals surface area contributed by atoms with Crippen molar-refractivity contribution in [2.24, 2.45) is 5.92 Å². The van der Waals surface area contributed by atoms with Crippen molar-refractivity contribution in [1.82, 2.24) is 14.9 Å². The van der Waals surface area contributed by atoms with Crippen LogP contribution >= 0.6 is 0 Å². The third kappa shape index (κ3) is 4.05. The molecule has 2 rings (SSSR count). The van der Waals surface area contributed by atoms with Gasteiger partial charge in [-0.25, -0.2) is 4.98 Å². The van der Waals surface area contributed by atoms with Crippen molar-refractivity contribution in [2.75, 3.05) is 19.8 Å². The monoisotopic (exact) mass is 265 g/mol. The van der Waals surface area contributed by atoms with Crippen LogP contribution in [0.3, 0.4) is 0 Å². The van der Waals surface area contributed by atoms with Crippen LogP contribution < -0.4 is 5.32 Å². The first kappa shape index (κ1) is 14.5. The minimum atomic E-state index is 0.534. The zero-order valence-corrected chi connectivity index (χ0v) is 12.3. The van der Waals surface area contributed by atoms with E-state index in [1.807, 2.05) is 6.20 Å². The highest BCUT2D eigenvalue weighted by atomic mass is 16.5. The summed E-state index contributed by atoms with van der Waals surface area (Å²) in [7, 11) is 0. The van der Waals surface area contributed by atoms with Crippen LogP contribution in [0.5, 0.6) is 0 Å². The van der Waals surface area contributed by atoms with E-state index >= 15 is 0 Å². The molecule has 1 aromatic heterocycles. The van der Waals surface area contributed by atoms with Gasteiger partial charge in [-0.15, -0.1) is 0 Å². The molecule has 1 N–H and O–H groups in total. The molecule has 0 spiro atoms. The fourth-order valence-electron chi connectivity index (χ4n) is 2.96. The maximum Gasteiger partial charge on any atom is 0.110 e. The average Bonchev–Trinajstić information content (AvgIpc) is 2.87. The zero-order chi connectivity index (χ0) is 13.5. The minimum absolute atomic E-state index is 0.534. The van der Waals surface area contributed by atoms with E-state index in [0.29, 0.717) is 6.04 Å². The van der Waals surface area contributed by atoms with Gasteiger partial charge in [-0.2, -0.15) is 0 Å². The van der Waals surface area contributed by atoms with Crippen LogP contribution in [0, 0.1) is 5.92 Å². The van der Waals surface area contributed by atoms with Crippen molar-refractivity contribution in [3.8, 4) is 0 Å². The summed E-state index contributed by atoms with van der Waals surface area (Å²) in [6, 6.07) is 0.534. The molecule has 1 fully saturated rings. The molecule has 2 heterocycles. The second kappa shape index (κ2) is 7.65. The number of hydrogen-bond acceptors (Lipinski definition) is 3. The molecular formula is C15H27N3O. The SMILES string of the molecule is CCCn1ccnc1CC(NCC)C1CCOCC1. The lowest BCUT2D eigenvalue weighted by molar-refractivity contribution is 0.0536. The third-order valence-corrected chi connectivity index (χ3v) is 3.97. The summed E-state index contributed by atoms with van der Waals surface area (Å²) < 4.78 is 7.77. The first-order valence-electron chi connectivity index (χ1n) is 7.66. The summed E-state index contributed by atoms with van der Waals surface area (Å²) in [5.41, 5.74) is 0. The normalized spacial score (nSPS) is 18.6. The van der Waals surface area contributed by atoms with Crippen molar-refractivity contribution in [3.05, 3.63) is 18.2 Å². The number of aryl methyl sites for hydroxylation is 1. The first-order valence-corrected chi connectivity index (χ1v) is 7.66. The highest BCUT2D eigenvalue weighted by Gasteiger charge is 2.24. The molecule has 1 aliphatic rings. The summed E-state index contributed by atoms with van der Waals surface area (Å²) in [4.78, 5) is 4.54. The number of aromatic nitrogens is 2. The van der Waals surface area contributed by atoms with Crippen LogP contribution in [-0.4, -0.2) is 35.4 Å². The molecule has 0 bridgehead atoms. The van der Waals surface area contributed by atoms with Crippen molar-refractivity contribution in [3.63, 3.8) is 0 Å². The second-order valence-electron chi connectivity index (χ2n) is 5.35. The summed E-state index contributed by atoms with van der Waals surface area (Å²) in [5, 5.41) is 3.65. The van der Waals surface area contributed by atoms with Gasteiger partial charge in [-0.05, 0) is 31.7 Å². The number of imidazole rings is 1. The smallest absolute Gasteiger partial charge is 0.110 e. The van der Waals surface area contributed by atoms with Crippen LogP contribution in [0.1, 0.15) is 38.9 Å². The molecule has 1 atom stereocenters. The van der Waals surface area contributed by atoms with E-state index in [0.717, 1.165) is 45.1 Å². The van der Waals surface area contributed by atoms with Gasteiger partial charge >= 0.3 is 0 Å². The van der Waals surface area contributed by atoms with Crippen LogP contribution in [0.4, 0.5) is 0 Å². The van der Waals surface area contributed by atoms with Gasteiger partial charge in [0.05, 0.1) is 0 Å². The van der Waals surface area contributed by atoms with Crippen molar-refractivity contribution in [2.45, 2.75) is 52.1 Å². The van der Waals surface area contributed by atoms with Gasteiger partial charge in [0, 0.05) is 44.6 Å². The molecule has 1 saturated heterocycles. The lowest BCUT2D eigenvalue weighted by Crippen LogP contribution is -2.41. The van der Waals surface area contributed by atoms with Gasteiger partial charge in [-0.1, -0.05) is 13.8 Å². The molecule has 0 aliphatic carbocycles. The Kier molecular flexibility index (Phi) is 5.86. The zero-order valence-electron chi connectivity index (χ0n) is 12.3. The van der Waals surface area contributed by atoms with Gasteiger partial charge in [0.1, 0.15) is 5.82 Å². The minimum Gasteiger partial charge on any atom is -0.381 e. The van der Waals surface area contributed by atoms with E-state index in [9.17, 15) is 0 Å². The Morgan fingerprint density at radius 1 is 1.42 bits per heavy atom. The molecule has 1 unspecified atom stereocenters. The molecular weight excluding hydrogens is 238 g/mol. The Balaban J connectivity index is 2.00. The van der Waals surface area contributed by atoms with E-state index in [-0.39, 0.29) is 0 Å². The predicted molar refractivity (Wildman–Crippen MR) is 77.2 cm³/mol. The van der Waals surface area contributed by atoms with Crippen molar-refractivity contribution < 1.29 is 4.74 Å². The highest BCUT2D eigenvalue weighted by molar-refractivity contribution is 4.97. The van der Waals surface area contributed by atoms with E-state index in [2.05, 4.69) is 34.9 Å². The van der Waals surface area contributed by atoms with E-state index in [4.69, 9.17) is 4.74 Å². The summed E-state index contributed by atoms with van der Waals surface area (Å²) in [6.45, 7) is 8.32. The van der Waals surface area contributed by atoms with E-state index in [1.165, 1.54) is 18.7 Å². The second-order valence-corrected chi connectivity index (χ2v) is 5.35. The molecule has 4 nitrogen and oxygen atoms in total. The van der Waals surface area contributed by atoms with E-state index in [1.54, 1.807) is 0 Å². The van der Waals surface area contributed by atoms with Gasteiger partial charge < -0.3 is 14.6 Å². The Morgan fingerprint density at radius 3 is 2.89 bits per heavy atom. The molecule has 0 amide bonds. The van der Waals surface area contributed by atoms with Crippen molar-refractivity contribution in [1.29, 1.82) is 0 Å². The summed E-state index contributed by atoms with van der Waals surface area (Å²) in [6.07, 6.45) is 8.57. The molecule has 108 valence electrons. The van der Waals surface area contributed by atoms with Crippen molar-refractivity contribution >= 4 is 0 Å². The Labute approximate surface area is 116 Å². The first-order chi connectivity index (χ1) is 9.35. The number of ether oxygens (including phenoxy) is 1. The predicted octanol–water partition coefficient (Wildman–Crippen LogP) is 2.24. The molecule has 1 aliphatic heterocycles. The Hall–Kier alpha value is -0.870. The summed E-state index contributed by atoms with van der Waals surface area (Å²) in [5.74, 6) is 1.94. The number of hydrogen-bond donors (Lipinski definition) is 1. The molecule has 19 heavy (non-hydrogen) atoms. The lowest BCUT2D eigenvalue weighted by atomic mass is 9.89. The maximum atomic E-state index is 5.48. The fourth-order valence-corrected chi connectivity index (χ4v) is 2.96. The van der Waals surface area contributed by atoms with Gasteiger partial charge in [-0.3, -0.25) is 0 Å². The maximum absolute atomic E-state index is 5.48. The quantitative estimate of drug-likeness (QED) is 0.822. The number of rotatable bonds is 7. The summed E-state index contributed by atoms with van der Waals surface area (Å²) >= 11 is 0. The highest BCUT2D eigenvalue weighted by Crippen LogP contribution is 2.21. The van der Waals surface area contributed by atoms with Crippen LogP contribution in [0.2, 0.25) is 0 Å². The molecule has 0 saturated carbocycles. The third-order valence-electron chi connectivity index (χ3n) is 3.97. The topological polar surface area (TPSA) is 39.1 Å². The number of nitrogens with zero attached hydrogens (tertiary/aromatic N) is 2. The van der Waals surface area contributed by atoms with Gasteiger partial charge in [0.15, 0.2) is 0 Å². The largest absolute Gasteiger partial charge is 0.381 e. The lowest BCUT2D eigenvalue weighted by Gasteiger charge is -2.30. The van der Waals surface area contributed by atoms with Gasteiger partial charge in [0.2, 0.25) is 0 Å². The standard InChI is InChI=1S/C15H27N3O/c1-3-8-18-9-7-17-15(18)12-14(16-4-2)13-5-10-19-11-6-13/h7,9,13-14,16H,3-6,8,10-12H2,1-2H3. The van der Waals surface area contributed by atoms with Gasteiger partial charge in [0.25, 0.3) is 0 Å². The molecule has 4 heteroatoms. The average molecular weight is 265 g/mol.